The molecule has 0 spiro atoms. The molecule has 0 aliphatic carbocycles. The minimum atomic E-state index is 0.590. The Morgan fingerprint density at radius 1 is 1.17 bits per heavy atom. The summed E-state index contributed by atoms with van der Waals surface area (Å²) in [6.07, 6.45) is 1.93. The highest BCUT2D eigenvalue weighted by Gasteiger charge is 1.90. The van der Waals surface area contributed by atoms with Gasteiger partial charge in [0.2, 0.25) is 0 Å². The molecule has 0 aromatic carbocycles. The van der Waals surface area contributed by atoms with E-state index in [9.17, 15) is 0 Å². The van der Waals surface area contributed by atoms with Crippen molar-refractivity contribution in [3.05, 3.63) is 11.6 Å². The van der Waals surface area contributed by atoms with E-state index in [4.69, 9.17) is 11.6 Å². The van der Waals surface area contributed by atoms with Crippen molar-refractivity contribution < 1.29 is 0 Å². The number of hydrogen-bond donors (Lipinski definition) is 0. The van der Waals surface area contributed by atoms with Crippen molar-refractivity contribution in [2.24, 2.45) is 4.99 Å². The summed E-state index contributed by atoms with van der Waals surface area (Å²) in [5.41, 5.74) is 1.02. The van der Waals surface area contributed by atoms with Gasteiger partial charge in [0.1, 0.15) is 5.17 Å². The molecule has 74 valence electrons. The van der Waals surface area contributed by atoms with E-state index in [0.717, 1.165) is 5.57 Å². The van der Waals surface area contributed by atoms with Gasteiger partial charge >= 0.3 is 0 Å². The summed E-state index contributed by atoms with van der Waals surface area (Å²) in [4.78, 5) is 3.77. The topological polar surface area (TPSA) is 12.4 Å². The van der Waals surface area contributed by atoms with Crippen LogP contribution in [0.4, 0.5) is 0 Å². The molecule has 0 amide bonds. The van der Waals surface area contributed by atoms with Crippen LogP contribution in [0.5, 0.6) is 0 Å². The second-order valence-corrected chi connectivity index (χ2v) is 1.84. The molecular formula is C10H22ClN. The van der Waals surface area contributed by atoms with Crippen LogP contribution in [0.2, 0.25) is 0 Å². The third-order valence-electron chi connectivity index (χ3n) is 0.955. The molecule has 0 radical (unpaired) electrons. The predicted molar refractivity (Wildman–Crippen MR) is 61.3 cm³/mol. The number of nitrogens with zero attached hydrogens (tertiary/aromatic N) is 1. The van der Waals surface area contributed by atoms with Gasteiger partial charge in [0.15, 0.2) is 0 Å². The molecule has 0 fully saturated rings. The Hall–Kier alpha value is -0.300. The lowest BCUT2D eigenvalue weighted by Crippen LogP contribution is -1.86. The van der Waals surface area contributed by atoms with Crippen LogP contribution >= 0.6 is 11.6 Å². The third kappa shape index (κ3) is 12.4. The Balaban J connectivity index is -0.000000175. The van der Waals surface area contributed by atoms with Crippen LogP contribution in [0.15, 0.2) is 16.6 Å². The van der Waals surface area contributed by atoms with Crippen molar-refractivity contribution in [1.29, 1.82) is 0 Å². The normalized spacial score (nSPS) is 10.7. The van der Waals surface area contributed by atoms with Crippen molar-refractivity contribution in [2.75, 3.05) is 7.05 Å². The summed E-state index contributed by atoms with van der Waals surface area (Å²) in [7, 11) is 1.68. The lowest BCUT2D eigenvalue weighted by atomic mass is 10.3. The van der Waals surface area contributed by atoms with E-state index in [1.807, 2.05) is 47.6 Å². The molecule has 1 nitrogen and oxygen atoms in total. The highest BCUT2D eigenvalue weighted by molar-refractivity contribution is 6.69. The maximum Gasteiger partial charge on any atom is 0.125 e. The summed E-state index contributed by atoms with van der Waals surface area (Å²) < 4.78 is 0. The van der Waals surface area contributed by atoms with Crippen molar-refractivity contribution in [3.63, 3.8) is 0 Å². The first kappa shape index (κ1) is 17.7. The molecule has 0 rings (SSSR count). The van der Waals surface area contributed by atoms with Gasteiger partial charge in [-0.3, -0.25) is 4.99 Å². The minimum absolute atomic E-state index is 0.590. The highest BCUT2D eigenvalue weighted by atomic mass is 35.5. The van der Waals surface area contributed by atoms with E-state index in [2.05, 4.69) is 4.99 Å². The summed E-state index contributed by atoms with van der Waals surface area (Å²) in [6.45, 7) is 11.9. The molecule has 0 bridgehead atoms. The number of allylic oxidation sites excluding steroid dienone is 2. The van der Waals surface area contributed by atoms with Gasteiger partial charge in [-0.1, -0.05) is 45.4 Å². The second kappa shape index (κ2) is 17.0. The Kier molecular flexibility index (Phi) is 25.0. The van der Waals surface area contributed by atoms with E-state index in [-0.39, 0.29) is 0 Å². The zero-order valence-electron chi connectivity index (χ0n) is 9.40. The van der Waals surface area contributed by atoms with Crippen molar-refractivity contribution in [1.82, 2.24) is 0 Å². The number of hydrogen-bond acceptors (Lipinski definition) is 1. The van der Waals surface area contributed by atoms with Gasteiger partial charge in [-0.2, -0.15) is 0 Å². The van der Waals surface area contributed by atoms with Crippen molar-refractivity contribution in [3.8, 4) is 0 Å². The zero-order valence-corrected chi connectivity index (χ0v) is 10.2. The lowest BCUT2D eigenvalue weighted by Gasteiger charge is -1.90. The summed E-state index contributed by atoms with van der Waals surface area (Å²) in [6, 6.07) is 0. The molecule has 0 aliphatic heterocycles. The van der Waals surface area contributed by atoms with Gasteiger partial charge < -0.3 is 0 Å². The largest absolute Gasteiger partial charge is 0.276 e. The average molecular weight is 192 g/mol. The minimum Gasteiger partial charge on any atom is -0.276 e. The lowest BCUT2D eigenvalue weighted by molar-refractivity contribution is 1.42. The molecule has 0 heterocycles. The molecule has 0 atom stereocenters. The molecule has 0 aromatic heterocycles. The second-order valence-electron chi connectivity index (χ2n) is 1.49. The highest BCUT2D eigenvalue weighted by Crippen LogP contribution is 1.99. The van der Waals surface area contributed by atoms with E-state index in [1.54, 1.807) is 7.05 Å². The molecule has 0 aromatic rings. The van der Waals surface area contributed by atoms with Crippen LogP contribution in [-0.2, 0) is 0 Å². The first-order valence-electron chi connectivity index (χ1n) is 4.48. The van der Waals surface area contributed by atoms with E-state index in [0.29, 0.717) is 5.17 Å². The number of rotatable bonds is 1. The van der Waals surface area contributed by atoms with E-state index >= 15 is 0 Å². The standard InChI is InChI=1S/C6H10ClN.2C2H6/c1-4-5(2)6(7)8-3;2*1-2/h4H,1-3H3;2*1-2H3/b5-4-,8-6?;;. The SMILES string of the molecule is C/C=C(/C)C(Cl)=NC.CC.CC. The smallest absolute Gasteiger partial charge is 0.125 e. The molecule has 0 saturated heterocycles. The van der Waals surface area contributed by atoms with Gasteiger partial charge in [-0.05, 0) is 19.4 Å². The van der Waals surface area contributed by atoms with Crippen LogP contribution in [0.25, 0.3) is 0 Å². The van der Waals surface area contributed by atoms with Crippen LogP contribution in [0.3, 0.4) is 0 Å². The fraction of sp³-hybridized carbons (Fsp3) is 0.700. The summed E-state index contributed by atoms with van der Waals surface area (Å²) >= 11 is 5.60. The number of halogens is 1. The van der Waals surface area contributed by atoms with Crippen molar-refractivity contribution >= 4 is 16.8 Å². The molecule has 2 heteroatoms. The first-order valence-corrected chi connectivity index (χ1v) is 4.85. The van der Waals surface area contributed by atoms with E-state index in [1.165, 1.54) is 0 Å². The van der Waals surface area contributed by atoms with Crippen LogP contribution < -0.4 is 0 Å². The van der Waals surface area contributed by atoms with Crippen LogP contribution in [0.1, 0.15) is 41.5 Å². The predicted octanol–water partition coefficient (Wildman–Crippen LogP) is 4.27. The summed E-state index contributed by atoms with van der Waals surface area (Å²) in [5, 5.41) is 0.590. The average Bonchev–Trinajstić information content (AvgIpc) is 2.21. The monoisotopic (exact) mass is 191 g/mol. The van der Waals surface area contributed by atoms with Crippen molar-refractivity contribution in [2.45, 2.75) is 41.5 Å². The molecule has 12 heavy (non-hydrogen) atoms. The summed E-state index contributed by atoms with van der Waals surface area (Å²) in [5.74, 6) is 0. The molecule has 0 unspecified atom stereocenters. The maximum absolute atomic E-state index is 5.60. The Bertz CT molecular complexity index is 110. The van der Waals surface area contributed by atoms with Crippen LogP contribution in [-0.4, -0.2) is 12.2 Å². The van der Waals surface area contributed by atoms with Gasteiger partial charge in [0, 0.05) is 7.05 Å². The molecule has 0 aliphatic rings. The molecule has 0 saturated carbocycles. The molecular weight excluding hydrogens is 170 g/mol. The van der Waals surface area contributed by atoms with Gasteiger partial charge in [-0.15, -0.1) is 0 Å². The first-order chi connectivity index (χ1) is 5.72. The van der Waals surface area contributed by atoms with Gasteiger partial charge in [-0.25, -0.2) is 0 Å². The number of aliphatic imine (C=N–C) groups is 1. The molecule has 0 N–H and O–H groups in total. The van der Waals surface area contributed by atoms with Gasteiger partial charge in [0.05, 0.1) is 0 Å². The fourth-order valence-electron chi connectivity index (χ4n) is 0.295. The van der Waals surface area contributed by atoms with E-state index < -0.39 is 0 Å². The fourth-order valence-corrected chi connectivity index (χ4v) is 0.405. The van der Waals surface area contributed by atoms with Gasteiger partial charge in [0.25, 0.3) is 0 Å². The Labute approximate surface area is 82.5 Å². The maximum atomic E-state index is 5.60. The Morgan fingerprint density at radius 2 is 1.50 bits per heavy atom. The zero-order chi connectivity index (χ0) is 10.6. The third-order valence-corrected chi connectivity index (χ3v) is 1.42. The Morgan fingerprint density at radius 3 is 1.58 bits per heavy atom. The quantitative estimate of drug-likeness (QED) is 0.549. The van der Waals surface area contributed by atoms with Crippen LogP contribution in [0, 0.1) is 0 Å².